The van der Waals surface area contributed by atoms with Gasteiger partial charge in [0.25, 0.3) is 5.91 Å². The molecule has 1 unspecified atom stereocenters. The number of carbonyl (C=O) groups excluding carboxylic acids is 3. The standard InChI is InChI=1S/C26H25N3O5S/c1-18-8-10-20(11-9-18)17-28(35(33,34)23-14-12-21(13-15-23)27-19(2)30)24-16-25(31)29(26(24)32)22-6-4-3-5-7-22/h3-15,24H,16-17H2,1-2H3,(H,27,30). The van der Waals surface area contributed by atoms with Crippen LogP contribution in [-0.2, 0) is 31.0 Å². The van der Waals surface area contributed by atoms with E-state index in [9.17, 15) is 22.8 Å². The van der Waals surface area contributed by atoms with Crippen molar-refractivity contribution in [3.63, 3.8) is 0 Å². The molecule has 1 saturated heterocycles. The molecular formula is C26H25N3O5S. The summed E-state index contributed by atoms with van der Waals surface area (Å²) in [6.45, 7) is 3.20. The van der Waals surface area contributed by atoms with E-state index in [0.29, 0.717) is 16.9 Å². The first-order valence-electron chi connectivity index (χ1n) is 11.0. The molecule has 35 heavy (non-hydrogen) atoms. The summed E-state index contributed by atoms with van der Waals surface area (Å²) in [5.74, 6) is -1.33. The Labute approximate surface area is 204 Å². The van der Waals surface area contributed by atoms with Crippen molar-refractivity contribution in [1.29, 1.82) is 0 Å². The average Bonchev–Trinajstić information content (AvgIpc) is 3.12. The van der Waals surface area contributed by atoms with Crippen molar-refractivity contribution in [3.05, 3.63) is 90.0 Å². The highest BCUT2D eigenvalue weighted by molar-refractivity contribution is 7.89. The molecule has 0 saturated carbocycles. The van der Waals surface area contributed by atoms with E-state index in [2.05, 4.69) is 5.32 Å². The van der Waals surface area contributed by atoms with Gasteiger partial charge in [-0.3, -0.25) is 14.4 Å². The SMILES string of the molecule is CC(=O)Nc1ccc(S(=O)(=O)N(Cc2ccc(C)cc2)C2CC(=O)N(c3ccccc3)C2=O)cc1. The Morgan fingerprint density at radius 2 is 1.60 bits per heavy atom. The minimum atomic E-state index is -4.18. The van der Waals surface area contributed by atoms with Crippen LogP contribution in [-0.4, -0.2) is 36.5 Å². The maximum Gasteiger partial charge on any atom is 0.252 e. The molecular weight excluding hydrogens is 466 g/mol. The van der Waals surface area contributed by atoms with Gasteiger partial charge < -0.3 is 5.32 Å². The van der Waals surface area contributed by atoms with Gasteiger partial charge in [-0.2, -0.15) is 4.31 Å². The molecule has 8 nitrogen and oxygen atoms in total. The van der Waals surface area contributed by atoms with Crippen molar-refractivity contribution in [2.24, 2.45) is 0 Å². The van der Waals surface area contributed by atoms with E-state index in [1.807, 2.05) is 19.1 Å². The quantitative estimate of drug-likeness (QED) is 0.510. The van der Waals surface area contributed by atoms with Gasteiger partial charge in [-0.05, 0) is 48.9 Å². The van der Waals surface area contributed by atoms with Crippen molar-refractivity contribution in [3.8, 4) is 0 Å². The first-order valence-corrected chi connectivity index (χ1v) is 12.5. The Hall–Kier alpha value is -3.82. The van der Waals surface area contributed by atoms with Crippen molar-refractivity contribution < 1.29 is 22.8 Å². The normalized spacial score (nSPS) is 16.1. The third kappa shape index (κ3) is 5.16. The largest absolute Gasteiger partial charge is 0.326 e. The fourth-order valence-electron chi connectivity index (χ4n) is 3.97. The highest BCUT2D eigenvalue weighted by atomic mass is 32.2. The monoisotopic (exact) mass is 491 g/mol. The molecule has 1 aliphatic heterocycles. The number of nitrogens with one attached hydrogen (secondary N) is 1. The molecule has 4 rings (SSSR count). The summed E-state index contributed by atoms with van der Waals surface area (Å²) in [6, 6.07) is 20.3. The number of carbonyl (C=O) groups is 3. The highest BCUT2D eigenvalue weighted by Crippen LogP contribution is 2.31. The van der Waals surface area contributed by atoms with E-state index < -0.39 is 27.9 Å². The molecule has 1 N–H and O–H groups in total. The lowest BCUT2D eigenvalue weighted by Gasteiger charge is -2.27. The summed E-state index contributed by atoms with van der Waals surface area (Å²) >= 11 is 0. The number of rotatable bonds is 7. The number of nitrogens with zero attached hydrogens (tertiary/aromatic N) is 2. The fourth-order valence-corrected chi connectivity index (χ4v) is 5.54. The van der Waals surface area contributed by atoms with Gasteiger partial charge in [0.05, 0.1) is 17.0 Å². The van der Waals surface area contributed by atoms with Crippen LogP contribution < -0.4 is 10.2 Å². The zero-order valence-corrected chi connectivity index (χ0v) is 20.2. The number of sulfonamides is 1. The maximum absolute atomic E-state index is 13.8. The van der Waals surface area contributed by atoms with Crippen LogP contribution in [0.3, 0.4) is 0 Å². The predicted molar refractivity (Wildman–Crippen MR) is 132 cm³/mol. The van der Waals surface area contributed by atoms with Gasteiger partial charge in [0.2, 0.25) is 21.8 Å². The average molecular weight is 492 g/mol. The second-order valence-corrected chi connectivity index (χ2v) is 10.3. The smallest absolute Gasteiger partial charge is 0.252 e. The van der Waals surface area contributed by atoms with Crippen LogP contribution in [0.5, 0.6) is 0 Å². The molecule has 9 heteroatoms. The van der Waals surface area contributed by atoms with Crippen LogP contribution in [0.2, 0.25) is 0 Å². The molecule has 1 atom stereocenters. The van der Waals surface area contributed by atoms with Gasteiger partial charge >= 0.3 is 0 Å². The predicted octanol–water partition coefficient (Wildman–Crippen LogP) is 3.48. The van der Waals surface area contributed by atoms with E-state index in [-0.39, 0.29) is 23.8 Å². The number of hydrogen-bond donors (Lipinski definition) is 1. The molecule has 180 valence electrons. The molecule has 0 bridgehead atoms. The topological polar surface area (TPSA) is 104 Å². The number of aryl methyl sites for hydroxylation is 1. The first kappa shape index (κ1) is 24.3. The van der Waals surface area contributed by atoms with Crippen molar-refractivity contribution in [1.82, 2.24) is 4.31 Å². The number of imide groups is 1. The zero-order chi connectivity index (χ0) is 25.2. The van der Waals surface area contributed by atoms with E-state index >= 15 is 0 Å². The van der Waals surface area contributed by atoms with Crippen molar-refractivity contribution in [2.75, 3.05) is 10.2 Å². The van der Waals surface area contributed by atoms with Crippen LogP contribution in [0, 0.1) is 6.92 Å². The molecule has 1 heterocycles. The Bertz CT molecular complexity index is 1350. The third-order valence-electron chi connectivity index (χ3n) is 5.73. The minimum Gasteiger partial charge on any atom is -0.326 e. The molecule has 3 aromatic carbocycles. The molecule has 0 spiro atoms. The van der Waals surface area contributed by atoms with Crippen LogP contribution in [0.25, 0.3) is 0 Å². The summed E-state index contributed by atoms with van der Waals surface area (Å²) in [4.78, 5) is 38.6. The van der Waals surface area contributed by atoms with Crippen LogP contribution in [0.4, 0.5) is 11.4 Å². The van der Waals surface area contributed by atoms with Crippen LogP contribution >= 0.6 is 0 Å². The minimum absolute atomic E-state index is 0.0443. The second-order valence-electron chi connectivity index (χ2n) is 8.36. The summed E-state index contributed by atoms with van der Waals surface area (Å²) in [5, 5.41) is 2.60. The summed E-state index contributed by atoms with van der Waals surface area (Å²) in [6.07, 6.45) is -0.261. The van der Waals surface area contributed by atoms with Crippen molar-refractivity contribution >= 4 is 39.1 Å². The summed E-state index contributed by atoms with van der Waals surface area (Å²) in [7, 11) is -4.18. The molecule has 0 aliphatic carbocycles. The van der Waals surface area contributed by atoms with E-state index in [0.717, 1.165) is 14.8 Å². The number of anilines is 2. The van der Waals surface area contributed by atoms with Gasteiger partial charge in [0.1, 0.15) is 6.04 Å². The lowest BCUT2D eigenvalue weighted by atomic mass is 10.1. The number of benzene rings is 3. The molecule has 3 aromatic rings. The van der Waals surface area contributed by atoms with Gasteiger partial charge in [-0.15, -0.1) is 0 Å². The van der Waals surface area contributed by atoms with E-state index in [1.165, 1.54) is 31.2 Å². The van der Waals surface area contributed by atoms with Gasteiger partial charge in [-0.1, -0.05) is 48.0 Å². The van der Waals surface area contributed by atoms with Gasteiger partial charge in [0, 0.05) is 19.2 Å². The second kappa shape index (κ2) is 9.81. The Kier molecular flexibility index (Phi) is 6.81. The fraction of sp³-hybridized carbons (Fsp3) is 0.192. The Balaban J connectivity index is 1.72. The van der Waals surface area contributed by atoms with Gasteiger partial charge in [0.15, 0.2) is 0 Å². The summed E-state index contributed by atoms with van der Waals surface area (Å²) < 4.78 is 28.6. The van der Waals surface area contributed by atoms with E-state index in [1.54, 1.807) is 42.5 Å². The molecule has 1 fully saturated rings. The van der Waals surface area contributed by atoms with Crippen molar-refractivity contribution in [2.45, 2.75) is 37.8 Å². The molecule has 3 amide bonds. The number of hydrogen-bond acceptors (Lipinski definition) is 5. The maximum atomic E-state index is 13.8. The Morgan fingerprint density at radius 1 is 0.971 bits per heavy atom. The Morgan fingerprint density at radius 3 is 2.20 bits per heavy atom. The first-order chi connectivity index (χ1) is 16.7. The molecule has 1 aliphatic rings. The summed E-state index contributed by atoms with van der Waals surface area (Å²) in [5.41, 5.74) is 2.55. The zero-order valence-electron chi connectivity index (χ0n) is 19.3. The molecule has 0 aromatic heterocycles. The van der Waals surface area contributed by atoms with Crippen LogP contribution in [0.15, 0.2) is 83.8 Å². The lowest BCUT2D eigenvalue weighted by molar-refractivity contribution is -0.122. The highest BCUT2D eigenvalue weighted by Gasteiger charge is 2.46. The third-order valence-corrected chi connectivity index (χ3v) is 7.59. The van der Waals surface area contributed by atoms with Crippen LogP contribution in [0.1, 0.15) is 24.5 Å². The lowest BCUT2D eigenvalue weighted by Crippen LogP contribution is -2.45. The number of para-hydroxylation sites is 1. The van der Waals surface area contributed by atoms with E-state index in [4.69, 9.17) is 0 Å². The van der Waals surface area contributed by atoms with Gasteiger partial charge in [-0.25, -0.2) is 13.3 Å². The molecule has 0 radical (unpaired) electrons. The number of amides is 3.